The molecule has 1 atom stereocenters. The highest BCUT2D eigenvalue weighted by Gasteiger charge is 2.21. The number of rotatable bonds is 7. The number of anilines is 1. The average Bonchev–Trinajstić information content (AvgIpc) is 3.49. The third-order valence-electron chi connectivity index (χ3n) is 5.11. The SMILES string of the molecule is CN=C(NCc1nc(-c2ccco2)n[nH]1)NC1CCCN(c2ccc(OC(F)F)cc2)C1.I. The second-order valence-electron chi connectivity index (χ2n) is 7.31. The minimum Gasteiger partial charge on any atom is -0.461 e. The smallest absolute Gasteiger partial charge is 0.387 e. The fraction of sp³-hybridized carbons (Fsp3) is 0.381. The van der Waals surface area contributed by atoms with Crippen LogP contribution in [-0.2, 0) is 6.54 Å². The Kier molecular flexibility index (Phi) is 8.86. The fourth-order valence-corrected chi connectivity index (χ4v) is 3.61. The van der Waals surface area contributed by atoms with Crippen LogP contribution in [0.25, 0.3) is 11.6 Å². The van der Waals surface area contributed by atoms with Gasteiger partial charge in [-0.25, -0.2) is 4.98 Å². The Morgan fingerprint density at radius 1 is 1.33 bits per heavy atom. The second kappa shape index (κ2) is 11.8. The molecule has 3 heterocycles. The van der Waals surface area contributed by atoms with Gasteiger partial charge in [-0.3, -0.25) is 10.1 Å². The fourth-order valence-electron chi connectivity index (χ4n) is 3.61. The predicted molar refractivity (Wildman–Crippen MR) is 131 cm³/mol. The molecule has 0 saturated carbocycles. The molecule has 3 aromatic rings. The van der Waals surface area contributed by atoms with Crippen molar-refractivity contribution < 1.29 is 17.9 Å². The van der Waals surface area contributed by atoms with Gasteiger partial charge in [-0.15, -0.1) is 29.1 Å². The molecule has 1 aromatic carbocycles. The van der Waals surface area contributed by atoms with Crippen molar-refractivity contribution >= 4 is 35.6 Å². The molecule has 1 aliphatic rings. The molecule has 2 aromatic heterocycles. The topological polar surface area (TPSA) is 104 Å². The highest BCUT2D eigenvalue weighted by atomic mass is 127. The van der Waals surface area contributed by atoms with Gasteiger partial charge in [0.1, 0.15) is 11.6 Å². The van der Waals surface area contributed by atoms with E-state index in [9.17, 15) is 8.78 Å². The summed E-state index contributed by atoms with van der Waals surface area (Å²) in [5, 5.41) is 13.7. The first-order valence-corrected chi connectivity index (χ1v) is 10.3. The first kappa shape index (κ1) is 24.7. The number of nitrogens with one attached hydrogen (secondary N) is 3. The number of halogens is 3. The Bertz CT molecular complexity index is 1010. The first-order chi connectivity index (χ1) is 15.6. The zero-order chi connectivity index (χ0) is 22.3. The van der Waals surface area contributed by atoms with E-state index in [1.54, 1.807) is 49.7 Å². The van der Waals surface area contributed by atoms with Crippen LogP contribution in [0.4, 0.5) is 14.5 Å². The molecule has 0 bridgehead atoms. The Hall–Kier alpha value is -2.90. The third-order valence-corrected chi connectivity index (χ3v) is 5.11. The molecule has 4 rings (SSSR count). The summed E-state index contributed by atoms with van der Waals surface area (Å²) < 4.78 is 34.4. The number of nitrogens with zero attached hydrogens (tertiary/aromatic N) is 4. The molecule has 1 aliphatic heterocycles. The number of aromatic amines is 1. The Balaban J connectivity index is 0.00000306. The quantitative estimate of drug-likeness (QED) is 0.226. The monoisotopic (exact) mass is 573 g/mol. The third kappa shape index (κ3) is 6.79. The molecule has 0 aliphatic carbocycles. The van der Waals surface area contributed by atoms with Gasteiger partial charge in [-0.1, -0.05) is 0 Å². The summed E-state index contributed by atoms with van der Waals surface area (Å²) in [6.45, 7) is -0.736. The average molecular weight is 573 g/mol. The summed E-state index contributed by atoms with van der Waals surface area (Å²) in [7, 11) is 1.71. The lowest BCUT2D eigenvalue weighted by Crippen LogP contribution is -2.51. The summed E-state index contributed by atoms with van der Waals surface area (Å²) in [5.41, 5.74) is 0.966. The lowest BCUT2D eigenvalue weighted by atomic mass is 10.0. The number of H-pyrrole nitrogens is 1. The number of hydrogen-bond donors (Lipinski definition) is 3. The van der Waals surface area contributed by atoms with Crippen molar-refractivity contribution in [2.45, 2.75) is 32.0 Å². The maximum absolute atomic E-state index is 12.3. The Labute approximate surface area is 207 Å². The van der Waals surface area contributed by atoms with Crippen molar-refractivity contribution in [1.82, 2.24) is 25.8 Å². The summed E-state index contributed by atoms with van der Waals surface area (Å²) in [4.78, 5) is 10.9. The van der Waals surface area contributed by atoms with Crippen molar-refractivity contribution in [3.63, 3.8) is 0 Å². The number of guanidine groups is 1. The normalized spacial score (nSPS) is 16.4. The van der Waals surface area contributed by atoms with E-state index in [0.29, 0.717) is 29.9 Å². The van der Waals surface area contributed by atoms with Gasteiger partial charge in [-0.05, 0) is 49.2 Å². The first-order valence-electron chi connectivity index (χ1n) is 10.3. The molecule has 1 saturated heterocycles. The highest BCUT2D eigenvalue weighted by molar-refractivity contribution is 14.0. The summed E-state index contributed by atoms with van der Waals surface area (Å²) in [6, 6.07) is 10.5. The summed E-state index contributed by atoms with van der Waals surface area (Å²) >= 11 is 0. The van der Waals surface area contributed by atoms with E-state index >= 15 is 0 Å². The predicted octanol–water partition coefficient (Wildman–Crippen LogP) is 3.62. The molecule has 178 valence electrons. The summed E-state index contributed by atoms with van der Waals surface area (Å²) in [5.74, 6) is 2.58. The second-order valence-corrected chi connectivity index (χ2v) is 7.31. The molecule has 12 heteroatoms. The molecule has 1 fully saturated rings. The largest absolute Gasteiger partial charge is 0.461 e. The number of aromatic nitrogens is 3. The molecule has 0 amide bonds. The van der Waals surface area contributed by atoms with E-state index in [1.807, 2.05) is 0 Å². The number of benzene rings is 1. The van der Waals surface area contributed by atoms with Crippen molar-refractivity contribution in [2.24, 2.45) is 4.99 Å². The van der Waals surface area contributed by atoms with Crippen LogP contribution in [0.3, 0.4) is 0 Å². The van der Waals surface area contributed by atoms with Crippen LogP contribution in [0.5, 0.6) is 5.75 Å². The van der Waals surface area contributed by atoms with Crippen LogP contribution in [0.15, 0.2) is 52.1 Å². The maximum atomic E-state index is 12.3. The number of hydrogen-bond acceptors (Lipinski definition) is 6. The minimum atomic E-state index is -2.82. The van der Waals surface area contributed by atoms with Crippen molar-refractivity contribution in [3.8, 4) is 17.3 Å². The van der Waals surface area contributed by atoms with Crippen molar-refractivity contribution in [2.75, 3.05) is 25.0 Å². The van der Waals surface area contributed by atoms with Gasteiger partial charge in [0.25, 0.3) is 0 Å². The van der Waals surface area contributed by atoms with E-state index in [2.05, 4.69) is 40.4 Å². The molecular formula is C21H26F2IN7O2. The molecule has 0 radical (unpaired) electrons. The van der Waals surface area contributed by atoms with E-state index in [4.69, 9.17) is 4.42 Å². The van der Waals surface area contributed by atoms with E-state index in [-0.39, 0.29) is 35.8 Å². The molecular weight excluding hydrogens is 547 g/mol. The molecule has 33 heavy (non-hydrogen) atoms. The Morgan fingerprint density at radius 2 is 2.15 bits per heavy atom. The summed E-state index contributed by atoms with van der Waals surface area (Å²) in [6.07, 6.45) is 3.57. The number of ether oxygens (including phenoxy) is 1. The van der Waals surface area contributed by atoms with E-state index < -0.39 is 6.61 Å². The van der Waals surface area contributed by atoms with E-state index in [0.717, 1.165) is 31.6 Å². The van der Waals surface area contributed by atoms with Crippen LogP contribution in [0, 0.1) is 0 Å². The minimum absolute atomic E-state index is 0. The number of alkyl halides is 2. The molecule has 3 N–H and O–H groups in total. The lowest BCUT2D eigenvalue weighted by molar-refractivity contribution is -0.0498. The number of furan rings is 1. The standard InChI is InChI=1S/C21H25F2N7O2.HI/c1-24-21(25-12-18-27-19(29-28-18)17-5-3-11-31-17)26-14-4-2-10-30(13-14)15-6-8-16(9-7-15)32-20(22)23;/h3,5-9,11,14,20H,2,4,10,12-13H2,1H3,(H2,24,25,26)(H,27,28,29);1H. The van der Waals surface area contributed by atoms with E-state index in [1.165, 1.54) is 0 Å². The van der Waals surface area contributed by atoms with Gasteiger partial charge in [-0.2, -0.15) is 8.78 Å². The molecule has 9 nitrogen and oxygen atoms in total. The maximum Gasteiger partial charge on any atom is 0.387 e. The Morgan fingerprint density at radius 3 is 2.85 bits per heavy atom. The van der Waals surface area contributed by atoms with Gasteiger partial charge in [0.15, 0.2) is 11.7 Å². The molecule has 1 unspecified atom stereocenters. The molecule has 0 spiro atoms. The number of aliphatic imine (C=N–C) groups is 1. The lowest BCUT2D eigenvalue weighted by Gasteiger charge is -2.35. The van der Waals surface area contributed by atoms with Gasteiger partial charge >= 0.3 is 6.61 Å². The zero-order valence-corrected chi connectivity index (χ0v) is 20.3. The van der Waals surface area contributed by atoms with Crippen LogP contribution in [0.2, 0.25) is 0 Å². The van der Waals surface area contributed by atoms with Gasteiger partial charge < -0.3 is 24.7 Å². The van der Waals surface area contributed by atoms with Gasteiger partial charge in [0.05, 0.1) is 12.8 Å². The van der Waals surface area contributed by atoms with Crippen LogP contribution in [0.1, 0.15) is 18.7 Å². The van der Waals surface area contributed by atoms with Crippen LogP contribution >= 0.6 is 24.0 Å². The van der Waals surface area contributed by atoms with Gasteiger partial charge in [0.2, 0.25) is 5.82 Å². The van der Waals surface area contributed by atoms with Crippen LogP contribution < -0.4 is 20.3 Å². The van der Waals surface area contributed by atoms with Crippen molar-refractivity contribution in [3.05, 3.63) is 48.5 Å². The van der Waals surface area contributed by atoms with Gasteiger partial charge in [0, 0.05) is 31.9 Å². The van der Waals surface area contributed by atoms with Crippen LogP contribution in [-0.4, -0.2) is 53.9 Å². The number of piperidine rings is 1. The highest BCUT2D eigenvalue weighted by Crippen LogP contribution is 2.24. The zero-order valence-electron chi connectivity index (χ0n) is 18.0. The van der Waals surface area contributed by atoms with Crippen molar-refractivity contribution in [1.29, 1.82) is 0 Å².